The maximum Gasteiger partial charge on any atom is 0.123 e. The molecule has 4 heteroatoms. The quantitative estimate of drug-likeness (QED) is 0.594. The van der Waals surface area contributed by atoms with Gasteiger partial charge in [0.15, 0.2) is 0 Å². The molecule has 0 aliphatic rings. The zero-order valence-electron chi connectivity index (χ0n) is 15.6. The van der Waals surface area contributed by atoms with Gasteiger partial charge in [0.05, 0.1) is 6.10 Å². The van der Waals surface area contributed by atoms with Crippen molar-refractivity contribution in [3.05, 3.63) is 83.7 Å². The van der Waals surface area contributed by atoms with Gasteiger partial charge >= 0.3 is 0 Å². The van der Waals surface area contributed by atoms with Gasteiger partial charge < -0.3 is 15.2 Å². The zero-order chi connectivity index (χ0) is 19.1. The fraction of sp³-hybridized carbons (Fsp3) is 0.304. The molecule has 27 heavy (non-hydrogen) atoms. The number of aliphatic hydroxyl groups is 1. The van der Waals surface area contributed by atoms with Crippen molar-refractivity contribution < 1.29 is 14.2 Å². The Morgan fingerprint density at radius 3 is 2.59 bits per heavy atom. The largest absolute Gasteiger partial charge is 0.387 e. The summed E-state index contributed by atoms with van der Waals surface area (Å²) in [4.78, 5) is 0. The highest BCUT2D eigenvalue weighted by molar-refractivity contribution is 5.83. The van der Waals surface area contributed by atoms with Gasteiger partial charge in [-0.1, -0.05) is 48.5 Å². The fourth-order valence-electron chi connectivity index (χ4n) is 3.30. The standard InChI is InChI=1S/C23H26FNO2/c1-27-12-11-22(14-17-5-4-8-21(24)13-17)25-16-23(26)20-10-9-18-6-2-3-7-19(18)15-20/h2-10,13,15,22-23,25-26H,11-12,14,16H2,1H3/t22-,23+/m1/s1. The summed E-state index contributed by atoms with van der Waals surface area (Å²) < 4.78 is 18.6. The first-order valence-corrected chi connectivity index (χ1v) is 9.29. The van der Waals surface area contributed by atoms with E-state index in [4.69, 9.17) is 4.74 Å². The minimum Gasteiger partial charge on any atom is -0.387 e. The Morgan fingerprint density at radius 2 is 1.81 bits per heavy atom. The monoisotopic (exact) mass is 367 g/mol. The molecule has 2 N–H and O–H groups in total. The van der Waals surface area contributed by atoms with Gasteiger partial charge in [-0.15, -0.1) is 0 Å². The first-order valence-electron chi connectivity index (χ1n) is 9.29. The van der Waals surface area contributed by atoms with Crippen molar-refractivity contribution in [2.45, 2.75) is 25.0 Å². The lowest BCUT2D eigenvalue weighted by Gasteiger charge is -2.21. The Balaban J connectivity index is 1.64. The molecule has 0 unspecified atom stereocenters. The van der Waals surface area contributed by atoms with Crippen LogP contribution in [0.1, 0.15) is 23.7 Å². The SMILES string of the molecule is COCC[C@H](Cc1cccc(F)c1)NC[C@H](O)c1ccc2ccccc2c1. The number of methoxy groups -OCH3 is 1. The molecule has 0 heterocycles. The van der Waals surface area contributed by atoms with Crippen LogP contribution in [0.15, 0.2) is 66.7 Å². The summed E-state index contributed by atoms with van der Waals surface area (Å²) in [5, 5.41) is 16.3. The van der Waals surface area contributed by atoms with Crippen LogP contribution >= 0.6 is 0 Å². The lowest BCUT2D eigenvalue weighted by Crippen LogP contribution is -2.35. The van der Waals surface area contributed by atoms with Gasteiger partial charge in [0.2, 0.25) is 0 Å². The molecule has 0 aliphatic carbocycles. The highest BCUT2D eigenvalue weighted by Crippen LogP contribution is 2.20. The van der Waals surface area contributed by atoms with Crippen LogP contribution in [0.3, 0.4) is 0 Å². The van der Waals surface area contributed by atoms with Crippen LogP contribution < -0.4 is 5.32 Å². The first-order chi connectivity index (χ1) is 13.2. The summed E-state index contributed by atoms with van der Waals surface area (Å²) in [5.74, 6) is -0.228. The minimum absolute atomic E-state index is 0.0989. The van der Waals surface area contributed by atoms with E-state index in [-0.39, 0.29) is 11.9 Å². The van der Waals surface area contributed by atoms with Crippen molar-refractivity contribution in [2.24, 2.45) is 0 Å². The molecule has 0 bridgehead atoms. The van der Waals surface area contributed by atoms with Crippen molar-refractivity contribution in [3.63, 3.8) is 0 Å². The molecular formula is C23H26FNO2. The third-order valence-corrected chi connectivity index (χ3v) is 4.80. The van der Waals surface area contributed by atoms with Gasteiger partial charge in [-0.2, -0.15) is 0 Å². The fourth-order valence-corrected chi connectivity index (χ4v) is 3.30. The molecule has 142 valence electrons. The second kappa shape index (κ2) is 9.60. The first kappa shape index (κ1) is 19.5. The average Bonchev–Trinajstić information content (AvgIpc) is 2.69. The van der Waals surface area contributed by atoms with Crippen molar-refractivity contribution in [3.8, 4) is 0 Å². The van der Waals surface area contributed by atoms with Crippen LogP contribution in [0.4, 0.5) is 4.39 Å². The van der Waals surface area contributed by atoms with E-state index in [9.17, 15) is 9.50 Å². The molecule has 2 atom stereocenters. The number of rotatable bonds is 9. The second-order valence-electron chi connectivity index (χ2n) is 6.84. The summed E-state index contributed by atoms with van der Waals surface area (Å²) in [6.07, 6.45) is 0.871. The molecule has 3 nitrogen and oxygen atoms in total. The Kier molecular flexibility index (Phi) is 6.93. The normalized spacial score (nSPS) is 13.6. The van der Waals surface area contributed by atoms with Gasteiger partial charge in [-0.25, -0.2) is 4.39 Å². The van der Waals surface area contributed by atoms with Gasteiger partial charge in [-0.3, -0.25) is 0 Å². The van der Waals surface area contributed by atoms with E-state index in [0.29, 0.717) is 19.6 Å². The van der Waals surface area contributed by atoms with Crippen LogP contribution in [0.5, 0.6) is 0 Å². The van der Waals surface area contributed by atoms with E-state index < -0.39 is 6.10 Å². The summed E-state index contributed by atoms with van der Waals surface area (Å²) >= 11 is 0. The van der Waals surface area contributed by atoms with Gasteiger partial charge in [0, 0.05) is 26.3 Å². The summed E-state index contributed by atoms with van der Waals surface area (Å²) in [6.45, 7) is 1.04. The molecule has 0 spiro atoms. The number of hydrogen-bond donors (Lipinski definition) is 2. The molecule has 3 aromatic rings. The molecule has 0 aromatic heterocycles. The van der Waals surface area contributed by atoms with Gasteiger partial charge in [0.25, 0.3) is 0 Å². The molecule has 0 saturated heterocycles. The Morgan fingerprint density at radius 1 is 1.00 bits per heavy atom. The number of nitrogens with one attached hydrogen (secondary N) is 1. The molecule has 0 fully saturated rings. The van der Waals surface area contributed by atoms with Crippen LogP contribution in [0.2, 0.25) is 0 Å². The predicted octanol–water partition coefficient (Wildman–Crippen LogP) is 4.25. The van der Waals surface area contributed by atoms with E-state index in [1.807, 2.05) is 42.5 Å². The van der Waals surface area contributed by atoms with Gasteiger partial charge in [0.1, 0.15) is 5.82 Å². The Labute approximate surface area is 159 Å². The lowest BCUT2D eigenvalue weighted by molar-refractivity contribution is 0.156. The van der Waals surface area contributed by atoms with Gasteiger partial charge in [-0.05, 0) is 52.9 Å². The molecule has 0 radical (unpaired) electrons. The molecule has 3 aromatic carbocycles. The number of halogens is 1. The highest BCUT2D eigenvalue weighted by Gasteiger charge is 2.14. The summed E-state index contributed by atoms with van der Waals surface area (Å²) in [5.41, 5.74) is 1.82. The average molecular weight is 367 g/mol. The van der Waals surface area contributed by atoms with Crippen molar-refractivity contribution in [1.82, 2.24) is 5.32 Å². The smallest absolute Gasteiger partial charge is 0.123 e. The van der Waals surface area contributed by atoms with Crippen molar-refractivity contribution in [2.75, 3.05) is 20.3 Å². The highest BCUT2D eigenvalue weighted by atomic mass is 19.1. The third kappa shape index (κ3) is 5.60. The molecule has 0 amide bonds. The lowest BCUT2D eigenvalue weighted by atomic mass is 10.0. The Hall–Kier alpha value is -2.27. The summed E-state index contributed by atoms with van der Waals surface area (Å²) in [7, 11) is 1.67. The number of benzene rings is 3. The van der Waals surface area contributed by atoms with Crippen molar-refractivity contribution in [1.29, 1.82) is 0 Å². The number of fused-ring (bicyclic) bond motifs is 1. The Bertz CT molecular complexity index is 868. The minimum atomic E-state index is -0.604. The van der Waals surface area contributed by atoms with E-state index >= 15 is 0 Å². The predicted molar refractivity (Wildman–Crippen MR) is 107 cm³/mol. The zero-order valence-corrected chi connectivity index (χ0v) is 15.6. The second-order valence-corrected chi connectivity index (χ2v) is 6.84. The number of aliphatic hydroxyl groups excluding tert-OH is 1. The van der Waals surface area contributed by atoms with E-state index in [1.165, 1.54) is 6.07 Å². The molecule has 0 saturated carbocycles. The topological polar surface area (TPSA) is 41.5 Å². The molecule has 0 aliphatic heterocycles. The third-order valence-electron chi connectivity index (χ3n) is 4.80. The molecule has 3 rings (SSSR count). The van der Waals surface area contributed by atoms with Crippen molar-refractivity contribution >= 4 is 10.8 Å². The van der Waals surface area contributed by atoms with Crippen LogP contribution in [-0.2, 0) is 11.2 Å². The number of hydrogen-bond acceptors (Lipinski definition) is 3. The van der Waals surface area contributed by atoms with E-state index in [0.717, 1.165) is 28.3 Å². The number of ether oxygens (including phenoxy) is 1. The maximum absolute atomic E-state index is 13.4. The van der Waals surface area contributed by atoms with Crippen LogP contribution in [0, 0.1) is 5.82 Å². The van der Waals surface area contributed by atoms with E-state index in [1.54, 1.807) is 19.2 Å². The molecular weight excluding hydrogens is 341 g/mol. The summed E-state index contributed by atoms with van der Waals surface area (Å²) in [6, 6.07) is 20.9. The van der Waals surface area contributed by atoms with E-state index in [2.05, 4.69) is 11.4 Å². The van der Waals surface area contributed by atoms with Crippen LogP contribution in [0.25, 0.3) is 10.8 Å². The van der Waals surface area contributed by atoms with Crippen LogP contribution in [-0.4, -0.2) is 31.4 Å². The maximum atomic E-state index is 13.4.